The Kier molecular flexibility index (Phi) is 5.31. The molecule has 0 atom stereocenters. The highest BCUT2D eigenvalue weighted by Crippen LogP contribution is 2.33. The first kappa shape index (κ1) is 18.1. The van der Waals surface area contributed by atoms with E-state index in [0.29, 0.717) is 18.6 Å². The molecule has 0 saturated heterocycles. The second-order valence-electron chi connectivity index (χ2n) is 6.15. The average molecular weight is 356 g/mol. The lowest BCUT2D eigenvalue weighted by Gasteiger charge is -2.11. The number of rotatable bonds is 5. The monoisotopic (exact) mass is 356 g/mol. The molecule has 0 fully saturated rings. The van der Waals surface area contributed by atoms with E-state index in [9.17, 15) is 13.2 Å². The van der Waals surface area contributed by atoms with E-state index in [1.807, 2.05) is 38.1 Å². The highest BCUT2D eigenvalue weighted by Gasteiger charge is 2.17. The summed E-state index contributed by atoms with van der Waals surface area (Å²) in [7, 11) is 0. The van der Waals surface area contributed by atoms with E-state index >= 15 is 0 Å². The molecule has 134 valence electrons. The molecule has 3 rings (SSSR count). The maximum absolute atomic E-state index is 14.6. The van der Waals surface area contributed by atoms with Crippen LogP contribution in [0.1, 0.15) is 18.9 Å². The minimum Gasteiger partial charge on any atom is -0.490 e. The molecule has 3 aromatic rings. The van der Waals surface area contributed by atoms with Crippen LogP contribution in [0.15, 0.2) is 54.6 Å². The topological polar surface area (TPSA) is 9.23 Å². The summed E-state index contributed by atoms with van der Waals surface area (Å²) in [6.45, 7) is 4.13. The lowest BCUT2D eigenvalue weighted by atomic mass is 9.98. The number of benzene rings is 3. The molecular weight excluding hydrogens is 337 g/mol. The van der Waals surface area contributed by atoms with E-state index in [2.05, 4.69) is 0 Å². The van der Waals surface area contributed by atoms with Gasteiger partial charge in [0, 0.05) is 11.1 Å². The lowest BCUT2D eigenvalue weighted by molar-refractivity contribution is 0.295. The van der Waals surface area contributed by atoms with Crippen LogP contribution in [0.3, 0.4) is 0 Å². The minimum absolute atomic E-state index is 0.000652. The molecule has 0 aliphatic heterocycles. The van der Waals surface area contributed by atoms with Gasteiger partial charge in [-0.15, -0.1) is 0 Å². The first-order valence-corrected chi connectivity index (χ1v) is 8.49. The van der Waals surface area contributed by atoms with E-state index in [-0.39, 0.29) is 16.9 Å². The molecular formula is C22H19F3O. The highest BCUT2D eigenvalue weighted by molar-refractivity contribution is 5.72. The Morgan fingerprint density at radius 1 is 0.769 bits per heavy atom. The molecule has 0 amide bonds. The zero-order valence-corrected chi connectivity index (χ0v) is 14.7. The molecule has 4 heteroatoms. The SMILES string of the molecule is CCCOc1ccc(-c2ccc(-c3ccc(C)cc3)c(F)c2)c(F)c1F. The zero-order valence-electron chi connectivity index (χ0n) is 14.7. The minimum atomic E-state index is -1.06. The van der Waals surface area contributed by atoms with Crippen molar-refractivity contribution < 1.29 is 17.9 Å². The molecule has 0 aliphatic rings. The number of ether oxygens (including phenoxy) is 1. The fourth-order valence-corrected chi connectivity index (χ4v) is 2.73. The van der Waals surface area contributed by atoms with E-state index in [1.54, 1.807) is 12.1 Å². The zero-order chi connectivity index (χ0) is 18.7. The van der Waals surface area contributed by atoms with Gasteiger partial charge in [0.05, 0.1) is 6.61 Å². The van der Waals surface area contributed by atoms with Gasteiger partial charge in [-0.2, -0.15) is 4.39 Å². The quantitative estimate of drug-likeness (QED) is 0.505. The molecule has 0 aromatic heterocycles. The van der Waals surface area contributed by atoms with Crippen LogP contribution in [0, 0.1) is 24.4 Å². The predicted molar refractivity (Wildman–Crippen MR) is 97.7 cm³/mol. The van der Waals surface area contributed by atoms with Crippen LogP contribution in [0.4, 0.5) is 13.2 Å². The third-order valence-corrected chi connectivity index (χ3v) is 4.15. The summed E-state index contributed by atoms with van der Waals surface area (Å²) in [4.78, 5) is 0. The first-order valence-electron chi connectivity index (χ1n) is 8.49. The van der Waals surface area contributed by atoms with Gasteiger partial charge in [-0.3, -0.25) is 0 Å². The van der Waals surface area contributed by atoms with Gasteiger partial charge in [-0.25, -0.2) is 8.78 Å². The smallest absolute Gasteiger partial charge is 0.201 e. The molecule has 0 saturated carbocycles. The van der Waals surface area contributed by atoms with Crippen LogP contribution in [0.25, 0.3) is 22.3 Å². The van der Waals surface area contributed by atoms with Gasteiger partial charge in [-0.05, 0) is 42.7 Å². The van der Waals surface area contributed by atoms with Crippen molar-refractivity contribution in [3.05, 3.63) is 77.6 Å². The van der Waals surface area contributed by atoms with Crippen LogP contribution in [-0.2, 0) is 0 Å². The maximum atomic E-state index is 14.6. The Hall–Kier alpha value is -2.75. The van der Waals surface area contributed by atoms with Crippen LogP contribution in [-0.4, -0.2) is 6.61 Å². The summed E-state index contributed by atoms with van der Waals surface area (Å²) in [6, 6.07) is 14.6. The molecule has 0 bridgehead atoms. The summed E-state index contributed by atoms with van der Waals surface area (Å²) in [5.41, 5.74) is 2.50. The Morgan fingerprint density at radius 3 is 2.08 bits per heavy atom. The van der Waals surface area contributed by atoms with Crippen molar-refractivity contribution in [1.82, 2.24) is 0 Å². The van der Waals surface area contributed by atoms with Crippen molar-refractivity contribution in [2.45, 2.75) is 20.3 Å². The van der Waals surface area contributed by atoms with Crippen molar-refractivity contribution in [2.75, 3.05) is 6.61 Å². The molecule has 26 heavy (non-hydrogen) atoms. The van der Waals surface area contributed by atoms with E-state index in [4.69, 9.17) is 4.74 Å². The van der Waals surface area contributed by atoms with Crippen LogP contribution >= 0.6 is 0 Å². The fourth-order valence-electron chi connectivity index (χ4n) is 2.73. The molecule has 0 unspecified atom stereocenters. The average Bonchev–Trinajstić information content (AvgIpc) is 2.64. The van der Waals surface area contributed by atoms with Crippen molar-refractivity contribution in [2.24, 2.45) is 0 Å². The molecule has 0 heterocycles. The standard InChI is InChI=1S/C22H19F3O/c1-3-12-26-20-11-10-18(21(24)22(20)25)16-8-9-17(19(23)13-16)15-6-4-14(2)5-7-15/h4-11,13H,3,12H2,1-2H3. The van der Waals surface area contributed by atoms with Crippen molar-refractivity contribution >= 4 is 0 Å². The third kappa shape index (κ3) is 3.59. The van der Waals surface area contributed by atoms with Gasteiger partial charge in [0.2, 0.25) is 5.82 Å². The largest absolute Gasteiger partial charge is 0.490 e. The maximum Gasteiger partial charge on any atom is 0.201 e. The van der Waals surface area contributed by atoms with Gasteiger partial charge in [0.15, 0.2) is 11.6 Å². The fraction of sp³-hybridized carbons (Fsp3) is 0.182. The summed E-state index contributed by atoms with van der Waals surface area (Å²) < 4.78 is 48.3. The van der Waals surface area contributed by atoms with E-state index in [0.717, 1.165) is 11.1 Å². The van der Waals surface area contributed by atoms with Crippen LogP contribution in [0.2, 0.25) is 0 Å². The van der Waals surface area contributed by atoms with Gasteiger partial charge in [-0.1, -0.05) is 48.9 Å². The summed E-state index contributed by atoms with van der Waals surface area (Å²) >= 11 is 0. The van der Waals surface area contributed by atoms with E-state index in [1.165, 1.54) is 18.2 Å². The molecule has 0 aliphatic carbocycles. The van der Waals surface area contributed by atoms with Gasteiger partial charge in [0.25, 0.3) is 0 Å². The van der Waals surface area contributed by atoms with Crippen molar-refractivity contribution in [3.63, 3.8) is 0 Å². The lowest BCUT2D eigenvalue weighted by Crippen LogP contribution is -2.00. The summed E-state index contributed by atoms with van der Waals surface area (Å²) in [5.74, 6) is -2.72. The molecule has 0 spiro atoms. The van der Waals surface area contributed by atoms with Gasteiger partial charge < -0.3 is 4.74 Å². The summed E-state index contributed by atoms with van der Waals surface area (Å²) in [5, 5.41) is 0. The molecule has 0 radical (unpaired) electrons. The third-order valence-electron chi connectivity index (χ3n) is 4.15. The molecule has 3 aromatic carbocycles. The number of halogens is 3. The molecule has 0 N–H and O–H groups in total. The van der Waals surface area contributed by atoms with Crippen LogP contribution in [0.5, 0.6) is 5.75 Å². The van der Waals surface area contributed by atoms with E-state index < -0.39 is 17.5 Å². The predicted octanol–water partition coefficient (Wildman–Crippen LogP) is 6.54. The second kappa shape index (κ2) is 7.65. The Balaban J connectivity index is 1.96. The van der Waals surface area contributed by atoms with Crippen LogP contribution < -0.4 is 4.74 Å². The number of aryl methyl sites for hydroxylation is 1. The Bertz CT molecular complexity index is 917. The Labute approximate surface area is 151 Å². The number of hydrogen-bond acceptors (Lipinski definition) is 1. The Morgan fingerprint density at radius 2 is 1.42 bits per heavy atom. The first-order chi connectivity index (χ1) is 12.5. The van der Waals surface area contributed by atoms with Crippen molar-refractivity contribution in [1.29, 1.82) is 0 Å². The van der Waals surface area contributed by atoms with Gasteiger partial charge >= 0.3 is 0 Å². The normalized spacial score (nSPS) is 10.8. The highest BCUT2D eigenvalue weighted by atomic mass is 19.2. The van der Waals surface area contributed by atoms with Crippen molar-refractivity contribution in [3.8, 4) is 28.0 Å². The molecule has 1 nitrogen and oxygen atoms in total. The van der Waals surface area contributed by atoms with Gasteiger partial charge in [0.1, 0.15) is 5.82 Å². The second-order valence-corrected chi connectivity index (χ2v) is 6.15. The number of hydrogen-bond donors (Lipinski definition) is 0. The summed E-state index contributed by atoms with van der Waals surface area (Å²) in [6.07, 6.45) is 0.689.